The Morgan fingerprint density at radius 2 is 1.54 bits per heavy atom. The number of amides is 1. The van der Waals surface area contributed by atoms with Crippen LogP contribution in [0.2, 0.25) is 0 Å². The van der Waals surface area contributed by atoms with Crippen LogP contribution in [0.3, 0.4) is 0 Å². The number of para-hydroxylation sites is 2. The molecule has 0 unspecified atom stereocenters. The van der Waals surface area contributed by atoms with Crippen molar-refractivity contribution >= 4 is 34.6 Å². The molecular weight excluding hydrogens is 330 g/mol. The molecule has 3 aromatic rings. The number of nitrogens with one attached hydrogen (secondary N) is 2. The summed E-state index contributed by atoms with van der Waals surface area (Å²) >= 11 is 0. The SMILES string of the molecule is Nc1ccccc1Nc1ccc(C(=O)O)c(NC(=O)c2ccccc2)c1. The van der Waals surface area contributed by atoms with E-state index in [9.17, 15) is 14.7 Å². The van der Waals surface area contributed by atoms with Crippen molar-refractivity contribution in [2.75, 3.05) is 16.4 Å². The summed E-state index contributed by atoms with van der Waals surface area (Å²) in [5, 5.41) is 15.2. The number of nitrogen functional groups attached to an aromatic ring is 1. The van der Waals surface area contributed by atoms with Crippen molar-refractivity contribution in [3.05, 3.63) is 83.9 Å². The predicted octanol–water partition coefficient (Wildman–Crippen LogP) is 3.96. The molecule has 5 N–H and O–H groups in total. The molecule has 3 rings (SSSR count). The van der Waals surface area contributed by atoms with E-state index in [0.717, 1.165) is 0 Å². The summed E-state index contributed by atoms with van der Waals surface area (Å²) in [5.41, 5.74) is 8.41. The fraction of sp³-hybridized carbons (Fsp3) is 0. The van der Waals surface area contributed by atoms with Crippen molar-refractivity contribution in [1.29, 1.82) is 0 Å². The molecule has 0 radical (unpaired) electrons. The van der Waals surface area contributed by atoms with Gasteiger partial charge in [-0.1, -0.05) is 30.3 Å². The van der Waals surface area contributed by atoms with Crippen molar-refractivity contribution in [2.45, 2.75) is 0 Å². The summed E-state index contributed by atoms with van der Waals surface area (Å²) in [6, 6.07) is 20.4. The Labute approximate surface area is 150 Å². The Balaban J connectivity index is 1.91. The zero-order valence-electron chi connectivity index (χ0n) is 13.8. The molecule has 6 heteroatoms. The predicted molar refractivity (Wildman–Crippen MR) is 102 cm³/mol. The molecule has 0 saturated heterocycles. The van der Waals surface area contributed by atoms with Crippen LogP contribution in [-0.2, 0) is 0 Å². The molecule has 0 bridgehead atoms. The Bertz CT molecular complexity index is 956. The maximum absolute atomic E-state index is 12.4. The fourth-order valence-corrected chi connectivity index (χ4v) is 2.46. The highest BCUT2D eigenvalue weighted by Crippen LogP contribution is 2.27. The van der Waals surface area contributed by atoms with Gasteiger partial charge in [-0.05, 0) is 42.5 Å². The quantitative estimate of drug-likeness (QED) is 0.523. The zero-order valence-corrected chi connectivity index (χ0v) is 13.8. The minimum Gasteiger partial charge on any atom is -0.478 e. The van der Waals surface area contributed by atoms with E-state index in [4.69, 9.17) is 5.73 Å². The van der Waals surface area contributed by atoms with Crippen molar-refractivity contribution in [3.63, 3.8) is 0 Å². The average Bonchev–Trinajstić information content (AvgIpc) is 2.64. The first-order chi connectivity index (χ1) is 12.5. The van der Waals surface area contributed by atoms with Crippen LogP contribution in [-0.4, -0.2) is 17.0 Å². The van der Waals surface area contributed by atoms with E-state index in [2.05, 4.69) is 10.6 Å². The number of hydrogen-bond donors (Lipinski definition) is 4. The van der Waals surface area contributed by atoms with E-state index in [0.29, 0.717) is 22.6 Å². The van der Waals surface area contributed by atoms with Gasteiger partial charge in [-0.3, -0.25) is 4.79 Å². The highest BCUT2D eigenvalue weighted by Gasteiger charge is 2.14. The molecule has 0 aromatic heterocycles. The molecule has 0 aliphatic rings. The number of nitrogens with two attached hydrogens (primary N) is 1. The highest BCUT2D eigenvalue weighted by molar-refractivity contribution is 6.08. The Morgan fingerprint density at radius 1 is 0.846 bits per heavy atom. The first-order valence-electron chi connectivity index (χ1n) is 7.90. The molecule has 0 atom stereocenters. The molecule has 6 nitrogen and oxygen atoms in total. The van der Waals surface area contributed by atoms with Gasteiger partial charge < -0.3 is 21.5 Å². The lowest BCUT2D eigenvalue weighted by Crippen LogP contribution is -2.15. The molecule has 1 amide bonds. The summed E-state index contributed by atoms with van der Waals surface area (Å²) in [5.74, 6) is -1.51. The fourth-order valence-electron chi connectivity index (χ4n) is 2.46. The number of carbonyl (C=O) groups is 2. The van der Waals surface area contributed by atoms with E-state index >= 15 is 0 Å². The first-order valence-corrected chi connectivity index (χ1v) is 7.90. The van der Waals surface area contributed by atoms with Gasteiger partial charge >= 0.3 is 5.97 Å². The van der Waals surface area contributed by atoms with Crippen LogP contribution in [0, 0.1) is 0 Å². The number of benzene rings is 3. The third-order valence-electron chi connectivity index (χ3n) is 3.77. The zero-order chi connectivity index (χ0) is 18.5. The van der Waals surface area contributed by atoms with Crippen LogP contribution in [0.1, 0.15) is 20.7 Å². The third-order valence-corrected chi connectivity index (χ3v) is 3.77. The minimum atomic E-state index is -1.13. The maximum atomic E-state index is 12.4. The van der Waals surface area contributed by atoms with Gasteiger partial charge in [0.1, 0.15) is 0 Å². The second-order valence-corrected chi connectivity index (χ2v) is 5.60. The number of carboxylic acids is 1. The monoisotopic (exact) mass is 347 g/mol. The summed E-state index contributed by atoms with van der Waals surface area (Å²) < 4.78 is 0. The Hall–Kier alpha value is -3.80. The van der Waals surface area contributed by atoms with Crippen LogP contribution < -0.4 is 16.4 Å². The second kappa shape index (κ2) is 7.40. The van der Waals surface area contributed by atoms with Crippen molar-refractivity contribution in [3.8, 4) is 0 Å². The van der Waals surface area contributed by atoms with E-state index in [1.54, 1.807) is 48.5 Å². The largest absolute Gasteiger partial charge is 0.478 e. The van der Waals surface area contributed by atoms with Gasteiger partial charge in [-0.15, -0.1) is 0 Å². The summed E-state index contributed by atoms with van der Waals surface area (Å²) in [7, 11) is 0. The van der Waals surface area contributed by atoms with Crippen LogP contribution in [0.25, 0.3) is 0 Å². The molecule has 0 spiro atoms. The number of carbonyl (C=O) groups excluding carboxylic acids is 1. The summed E-state index contributed by atoms with van der Waals surface area (Å²) in [6.07, 6.45) is 0. The summed E-state index contributed by atoms with van der Waals surface area (Å²) in [4.78, 5) is 23.8. The lowest BCUT2D eigenvalue weighted by Gasteiger charge is -2.13. The molecule has 0 fully saturated rings. The van der Waals surface area contributed by atoms with Crippen molar-refractivity contribution < 1.29 is 14.7 Å². The smallest absolute Gasteiger partial charge is 0.337 e. The minimum absolute atomic E-state index is 0.000801. The van der Waals surface area contributed by atoms with Gasteiger partial charge in [0.2, 0.25) is 0 Å². The number of anilines is 4. The molecular formula is C20H17N3O3. The topological polar surface area (TPSA) is 104 Å². The molecule has 26 heavy (non-hydrogen) atoms. The average molecular weight is 347 g/mol. The molecule has 130 valence electrons. The molecule has 0 saturated carbocycles. The van der Waals surface area contributed by atoms with Crippen molar-refractivity contribution in [2.24, 2.45) is 0 Å². The highest BCUT2D eigenvalue weighted by atomic mass is 16.4. The van der Waals surface area contributed by atoms with Gasteiger partial charge in [-0.2, -0.15) is 0 Å². The van der Waals surface area contributed by atoms with Crippen LogP contribution in [0.4, 0.5) is 22.7 Å². The van der Waals surface area contributed by atoms with Gasteiger partial charge in [-0.25, -0.2) is 4.79 Å². The standard InChI is InChI=1S/C20H17N3O3/c21-16-8-4-5-9-17(16)22-14-10-11-15(20(25)26)18(12-14)23-19(24)13-6-2-1-3-7-13/h1-12,22H,21H2,(H,23,24)(H,25,26). The Morgan fingerprint density at radius 3 is 2.23 bits per heavy atom. The lowest BCUT2D eigenvalue weighted by atomic mass is 10.1. The molecule has 3 aromatic carbocycles. The van der Waals surface area contributed by atoms with Crippen LogP contribution in [0.15, 0.2) is 72.8 Å². The molecule has 0 aliphatic carbocycles. The van der Waals surface area contributed by atoms with E-state index in [1.807, 2.05) is 18.2 Å². The number of rotatable bonds is 5. The van der Waals surface area contributed by atoms with Gasteiger partial charge in [0.05, 0.1) is 22.6 Å². The lowest BCUT2D eigenvalue weighted by molar-refractivity contribution is 0.0698. The van der Waals surface area contributed by atoms with Gasteiger partial charge in [0, 0.05) is 11.3 Å². The maximum Gasteiger partial charge on any atom is 0.337 e. The van der Waals surface area contributed by atoms with E-state index in [1.165, 1.54) is 6.07 Å². The van der Waals surface area contributed by atoms with E-state index < -0.39 is 5.97 Å². The van der Waals surface area contributed by atoms with E-state index in [-0.39, 0.29) is 17.2 Å². The van der Waals surface area contributed by atoms with Crippen LogP contribution >= 0.6 is 0 Å². The van der Waals surface area contributed by atoms with Gasteiger partial charge in [0.25, 0.3) is 5.91 Å². The van der Waals surface area contributed by atoms with Crippen LogP contribution in [0.5, 0.6) is 0 Å². The normalized spacial score (nSPS) is 10.2. The van der Waals surface area contributed by atoms with Gasteiger partial charge in [0.15, 0.2) is 0 Å². The number of carboxylic acid groups (broad SMARTS) is 1. The number of hydrogen-bond acceptors (Lipinski definition) is 4. The third kappa shape index (κ3) is 3.81. The van der Waals surface area contributed by atoms with Crippen molar-refractivity contribution in [1.82, 2.24) is 0 Å². The second-order valence-electron chi connectivity index (χ2n) is 5.60. The first kappa shape index (κ1) is 17.0. The number of aromatic carboxylic acids is 1. The molecule has 0 aliphatic heterocycles. The Kier molecular flexibility index (Phi) is 4.85. The summed E-state index contributed by atoms with van der Waals surface area (Å²) in [6.45, 7) is 0. The molecule has 0 heterocycles.